The van der Waals surface area contributed by atoms with E-state index in [-0.39, 0.29) is 6.04 Å². The summed E-state index contributed by atoms with van der Waals surface area (Å²) in [5.41, 5.74) is 10.2. The Morgan fingerprint density at radius 1 is 1.00 bits per heavy atom. The predicted molar refractivity (Wildman–Crippen MR) is 71.5 cm³/mol. The zero-order valence-electron chi connectivity index (χ0n) is 11.1. The van der Waals surface area contributed by atoms with Crippen LogP contribution in [0, 0.1) is 19.8 Å². The number of hydrogen-bond donors (Lipinski definition) is 1. The average molecular weight is 219 g/mol. The average Bonchev–Trinajstić information content (AvgIpc) is 2.24. The van der Waals surface area contributed by atoms with E-state index in [2.05, 4.69) is 45.9 Å². The van der Waals surface area contributed by atoms with Crippen molar-refractivity contribution in [3.63, 3.8) is 0 Å². The lowest BCUT2D eigenvalue weighted by Gasteiger charge is -2.19. The minimum Gasteiger partial charge on any atom is -0.324 e. The van der Waals surface area contributed by atoms with Gasteiger partial charge >= 0.3 is 0 Å². The van der Waals surface area contributed by atoms with Crippen LogP contribution in [0.15, 0.2) is 18.2 Å². The number of nitrogens with two attached hydrogens (primary N) is 1. The highest BCUT2D eigenvalue weighted by atomic mass is 14.6. The summed E-state index contributed by atoms with van der Waals surface area (Å²) in [5.74, 6) is 0.760. The molecule has 0 amide bonds. The van der Waals surface area contributed by atoms with Crippen LogP contribution < -0.4 is 5.73 Å². The molecule has 1 nitrogen and oxygen atoms in total. The predicted octanol–water partition coefficient (Wildman–Crippen LogP) is 4.13. The number of rotatable bonds is 5. The molecule has 0 aliphatic carbocycles. The smallest absolute Gasteiger partial charge is 0.0297 e. The first-order valence-corrected chi connectivity index (χ1v) is 6.40. The van der Waals surface area contributed by atoms with E-state index < -0.39 is 0 Å². The quantitative estimate of drug-likeness (QED) is 0.791. The van der Waals surface area contributed by atoms with Crippen molar-refractivity contribution in [3.8, 4) is 0 Å². The first kappa shape index (κ1) is 13.2. The molecule has 90 valence electrons. The van der Waals surface area contributed by atoms with Gasteiger partial charge in [0.1, 0.15) is 0 Å². The second-order valence-electron chi connectivity index (χ2n) is 4.95. The first-order chi connectivity index (χ1) is 7.56. The Kier molecular flexibility index (Phi) is 5.01. The summed E-state index contributed by atoms with van der Waals surface area (Å²) in [5, 5.41) is 0. The van der Waals surface area contributed by atoms with Gasteiger partial charge in [0.2, 0.25) is 0 Å². The van der Waals surface area contributed by atoms with Crippen molar-refractivity contribution in [3.05, 3.63) is 34.9 Å². The Hall–Kier alpha value is -0.820. The molecule has 0 spiro atoms. The molecule has 0 radical (unpaired) electrons. The molecule has 0 aromatic heterocycles. The maximum Gasteiger partial charge on any atom is 0.0297 e. The molecule has 0 saturated heterocycles. The molecule has 0 aliphatic rings. The lowest BCUT2D eigenvalue weighted by Crippen LogP contribution is -2.15. The van der Waals surface area contributed by atoms with E-state index in [0.717, 1.165) is 12.3 Å². The van der Waals surface area contributed by atoms with Crippen LogP contribution in [0.5, 0.6) is 0 Å². The van der Waals surface area contributed by atoms with Gasteiger partial charge in [-0.05, 0) is 31.7 Å². The van der Waals surface area contributed by atoms with Crippen molar-refractivity contribution in [2.75, 3.05) is 0 Å². The Morgan fingerprint density at radius 3 is 1.94 bits per heavy atom. The van der Waals surface area contributed by atoms with Gasteiger partial charge in [-0.25, -0.2) is 0 Å². The SMILES string of the molecule is CCC(CC)CC(N)c1cc(C)cc(C)c1. The van der Waals surface area contributed by atoms with Crippen LogP contribution in [0.2, 0.25) is 0 Å². The summed E-state index contributed by atoms with van der Waals surface area (Å²) in [6.07, 6.45) is 3.57. The fourth-order valence-corrected chi connectivity index (χ4v) is 2.34. The van der Waals surface area contributed by atoms with Crippen molar-refractivity contribution in [1.82, 2.24) is 0 Å². The molecule has 16 heavy (non-hydrogen) atoms. The van der Waals surface area contributed by atoms with Crippen LogP contribution in [-0.2, 0) is 0 Å². The van der Waals surface area contributed by atoms with Gasteiger partial charge in [-0.2, -0.15) is 0 Å². The molecule has 0 heterocycles. The summed E-state index contributed by atoms with van der Waals surface area (Å²) in [6, 6.07) is 6.84. The van der Waals surface area contributed by atoms with E-state index >= 15 is 0 Å². The molecule has 1 aromatic rings. The van der Waals surface area contributed by atoms with Crippen molar-refractivity contribution >= 4 is 0 Å². The van der Waals surface area contributed by atoms with E-state index in [1.54, 1.807) is 0 Å². The summed E-state index contributed by atoms with van der Waals surface area (Å²) in [6.45, 7) is 8.78. The Labute approximate surface area is 100 Å². The molecule has 0 fully saturated rings. The Balaban J connectivity index is 2.75. The second-order valence-corrected chi connectivity index (χ2v) is 4.95. The summed E-state index contributed by atoms with van der Waals surface area (Å²) < 4.78 is 0. The molecular weight excluding hydrogens is 194 g/mol. The number of benzene rings is 1. The standard InChI is InChI=1S/C15H25N/c1-5-13(6-2)10-15(16)14-8-11(3)7-12(4)9-14/h7-9,13,15H,5-6,10,16H2,1-4H3. The minimum absolute atomic E-state index is 0.198. The summed E-state index contributed by atoms with van der Waals surface area (Å²) in [7, 11) is 0. The van der Waals surface area contributed by atoms with Gasteiger partial charge in [0, 0.05) is 6.04 Å². The lowest BCUT2D eigenvalue weighted by atomic mass is 9.90. The molecule has 1 rings (SSSR count). The maximum atomic E-state index is 6.28. The van der Waals surface area contributed by atoms with E-state index in [9.17, 15) is 0 Å². The molecule has 0 saturated carbocycles. The molecule has 1 unspecified atom stereocenters. The van der Waals surface area contributed by atoms with Gasteiger partial charge in [0.05, 0.1) is 0 Å². The van der Waals surface area contributed by atoms with Gasteiger partial charge in [-0.1, -0.05) is 56.0 Å². The third-order valence-electron chi connectivity index (χ3n) is 3.41. The van der Waals surface area contributed by atoms with Crippen molar-refractivity contribution in [2.24, 2.45) is 11.7 Å². The normalized spacial score (nSPS) is 13.1. The highest BCUT2D eigenvalue weighted by Gasteiger charge is 2.12. The first-order valence-electron chi connectivity index (χ1n) is 6.40. The van der Waals surface area contributed by atoms with Crippen LogP contribution in [0.25, 0.3) is 0 Å². The molecular formula is C15H25N. The third-order valence-corrected chi connectivity index (χ3v) is 3.41. The van der Waals surface area contributed by atoms with Gasteiger partial charge in [-0.3, -0.25) is 0 Å². The largest absolute Gasteiger partial charge is 0.324 e. The van der Waals surface area contributed by atoms with Crippen LogP contribution in [-0.4, -0.2) is 0 Å². The van der Waals surface area contributed by atoms with Gasteiger partial charge in [0.15, 0.2) is 0 Å². The van der Waals surface area contributed by atoms with Crippen LogP contribution in [0.3, 0.4) is 0 Å². The summed E-state index contributed by atoms with van der Waals surface area (Å²) >= 11 is 0. The number of hydrogen-bond acceptors (Lipinski definition) is 1. The highest BCUT2D eigenvalue weighted by Crippen LogP contribution is 2.24. The minimum atomic E-state index is 0.198. The van der Waals surface area contributed by atoms with Crippen molar-refractivity contribution in [1.29, 1.82) is 0 Å². The third kappa shape index (κ3) is 3.64. The molecule has 2 N–H and O–H groups in total. The van der Waals surface area contributed by atoms with Crippen LogP contribution >= 0.6 is 0 Å². The molecule has 1 atom stereocenters. The van der Waals surface area contributed by atoms with Gasteiger partial charge < -0.3 is 5.73 Å². The molecule has 1 heteroatoms. The molecule has 1 aromatic carbocycles. The summed E-state index contributed by atoms with van der Waals surface area (Å²) in [4.78, 5) is 0. The molecule has 0 aliphatic heterocycles. The highest BCUT2D eigenvalue weighted by molar-refractivity contribution is 5.30. The Bertz CT molecular complexity index is 306. The van der Waals surface area contributed by atoms with E-state index in [1.807, 2.05) is 0 Å². The fourth-order valence-electron chi connectivity index (χ4n) is 2.34. The maximum absolute atomic E-state index is 6.28. The second kappa shape index (κ2) is 6.05. The van der Waals surface area contributed by atoms with E-state index in [4.69, 9.17) is 5.73 Å². The topological polar surface area (TPSA) is 26.0 Å². The monoisotopic (exact) mass is 219 g/mol. The van der Waals surface area contributed by atoms with E-state index in [1.165, 1.54) is 29.5 Å². The van der Waals surface area contributed by atoms with Gasteiger partial charge in [0.25, 0.3) is 0 Å². The van der Waals surface area contributed by atoms with Gasteiger partial charge in [-0.15, -0.1) is 0 Å². The fraction of sp³-hybridized carbons (Fsp3) is 0.600. The van der Waals surface area contributed by atoms with Crippen LogP contribution in [0.1, 0.15) is 55.8 Å². The number of aryl methyl sites for hydroxylation is 2. The molecule has 0 bridgehead atoms. The van der Waals surface area contributed by atoms with Crippen LogP contribution in [0.4, 0.5) is 0 Å². The lowest BCUT2D eigenvalue weighted by molar-refractivity contribution is 0.414. The van der Waals surface area contributed by atoms with E-state index in [0.29, 0.717) is 0 Å². The zero-order valence-corrected chi connectivity index (χ0v) is 11.1. The Morgan fingerprint density at radius 2 is 1.50 bits per heavy atom. The zero-order chi connectivity index (χ0) is 12.1. The van der Waals surface area contributed by atoms with Crippen molar-refractivity contribution < 1.29 is 0 Å². The van der Waals surface area contributed by atoms with Crippen molar-refractivity contribution in [2.45, 2.75) is 53.0 Å².